The van der Waals surface area contributed by atoms with Crippen LogP contribution >= 0.6 is 15.9 Å². The van der Waals surface area contributed by atoms with Crippen molar-refractivity contribution in [2.45, 2.75) is 13.8 Å². The number of esters is 1. The van der Waals surface area contributed by atoms with Crippen LogP contribution in [0.3, 0.4) is 0 Å². The number of nitrogens with one attached hydrogen (secondary N) is 1. The summed E-state index contributed by atoms with van der Waals surface area (Å²) in [6.45, 7) is 2.97. The first-order valence-electron chi connectivity index (χ1n) is 7.92. The lowest BCUT2D eigenvalue weighted by Crippen LogP contribution is -2.20. The Kier molecular flexibility index (Phi) is 6.84. The molecule has 0 aromatic heterocycles. The van der Waals surface area contributed by atoms with E-state index in [9.17, 15) is 19.7 Å². The van der Waals surface area contributed by atoms with Gasteiger partial charge in [0.05, 0.1) is 4.92 Å². The first kappa shape index (κ1) is 20.3. The Balaban J connectivity index is 1.95. The number of ether oxygens (including phenoxy) is 1. The Morgan fingerprint density at radius 2 is 1.93 bits per heavy atom. The topological polar surface area (TPSA) is 98.5 Å². The van der Waals surface area contributed by atoms with Gasteiger partial charge in [-0.3, -0.25) is 14.9 Å². The fraction of sp³-hybridized carbons (Fsp3) is 0.158. The van der Waals surface area contributed by atoms with E-state index >= 15 is 0 Å². The van der Waals surface area contributed by atoms with E-state index in [4.69, 9.17) is 4.74 Å². The van der Waals surface area contributed by atoms with Crippen molar-refractivity contribution in [3.63, 3.8) is 0 Å². The van der Waals surface area contributed by atoms with Crippen LogP contribution in [-0.4, -0.2) is 23.4 Å². The van der Waals surface area contributed by atoms with E-state index in [2.05, 4.69) is 21.2 Å². The summed E-state index contributed by atoms with van der Waals surface area (Å²) in [5, 5.41) is 13.5. The fourth-order valence-electron chi connectivity index (χ4n) is 2.20. The number of nitro benzene ring substituents is 1. The normalized spacial score (nSPS) is 10.6. The lowest BCUT2D eigenvalue weighted by molar-refractivity contribution is -0.384. The quantitative estimate of drug-likeness (QED) is 0.319. The second-order valence-electron chi connectivity index (χ2n) is 5.75. The zero-order valence-corrected chi connectivity index (χ0v) is 16.3. The molecule has 27 heavy (non-hydrogen) atoms. The molecule has 140 valence electrons. The van der Waals surface area contributed by atoms with Gasteiger partial charge in [0.1, 0.15) is 5.69 Å². The van der Waals surface area contributed by atoms with E-state index in [-0.39, 0.29) is 11.4 Å². The molecule has 0 aliphatic rings. The molecule has 0 atom stereocenters. The number of rotatable bonds is 6. The maximum atomic E-state index is 12.0. The average Bonchev–Trinajstić information content (AvgIpc) is 2.61. The van der Waals surface area contributed by atoms with Gasteiger partial charge in [0.2, 0.25) is 0 Å². The highest BCUT2D eigenvalue weighted by molar-refractivity contribution is 9.10. The Hall–Kier alpha value is -3.00. The standard InChI is InChI=1S/C19H17BrN2O5/c1-12-8-16(17(22(25)26)9-13(12)2)21-18(23)11-27-19(24)7-6-14-4-3-5-15(20)10-14/h3-10H,11H2,1-2H3,(H,21,23)/b7-6+. The number of nitro groups is 1. The van der Waals surface area contributed by atoms with Crippen LogP contribution in [0, 0.1) is 24.0 Å². The summed E-state index contributed by atoms with van der Waals surface area (Å²) in [7, 11) is 0. The molecule has 0 saturated carbocycles. The molecule has 0 heterocycles. The molecule has 8 heteroatoms. The average molecular weight is 433 g/mol. The van der Waals surface area contributed by atoms with Crippen molar-refractivity contribution in [1.82, 2.24) is 0 Å². The second-order valence-corrected chi connectivity index (χ2v) is 6.67. The highest BCUT2D eigenvalue weighted by atomic mass is 79.9. The number of hydrogen-bond acceptors (Lipinski definition) is 5. The van der Waals surface area contributed by atoms with Gasteiger partial charge in [-0.2, -0.15) is 0 Å². The smallest absolute Gasteiger partial charge is 0.331 e. The third kappa shape index (κ3) is 6.03. The SMILES string of the molecule is Cc1cc(NC(=O)COC(=O)/C=C/c2cccc(Br)c2)c([N+](=O)[O-])cc1C. The van der Waals surface area contributed by atoms with Crippen molar-refractivity contribution in [2.75, 3.05) is 11.9 Å². The van der Waals surface area contributed by atoms with E-state index in [1.165, 1.54) is 18.2 Å². The second kappa shape index (κ2) is 9.09. The molecular formula is C19H17BrN2O5. The number of carbonyl (C=O) groups excluding carboxylic acids is 2. The van der Waals surface area contributed by atoms with Crippen molar-refractivity contribution in [3.05, 3.63) is 73.8 Å². The number of nitrogens with zero attached hydrogens (tertiary/aromatic N) is 1. The van der Waals surface area contributed by atoms with Crippen LogP contribution in [0.25, 0.3) is 6.08 Å². The van der Waals surface area contributed by atoms with E-state index in [0.717, 1.165) is 21.2 Å². The van der Waals surface area contributed by atoms with Crippen LogP contribution in [0.5, 0.6) is 0 Å². The van der Waals surface area contributed by atoms with Gasteiger partial charge in [-0.1, -0.05) is 28.1 Å². The zero-order valence-electron chi connectivity index (χ0n) is 14.7. The molecule has 0 unspecified atom stereocenters. The molecule has 0 bridgehead atoms. The van der Waals surface area contributed by atoms with Gasteiger partial charge in [0.15, 0.2) is 6.61 Å². The first-order chi connectivity index (χ1) is 12.8. The van der Waals surface area contributed by atoms with Gasteiger partial charge in [0, 0.05) is 16.6 Å². The molecule has 1 amide bonds. The van der Waals surface area contributed by atoms with Crippen molar-refractivity contribution < 1.29 is 19.2 Å². The Bertz CT molecular complexity index is 924. The van der Waals surface area contributed by atoms with Crippen LogP contribution < -0.4 is 5.32 Å². The number of aryl methyl sites for hydroxylation is 2. The number of anilines is 1. The van der Waals surface area contributed by atoms with Gasteiger partial charge in [-0.25, -0.2) is 4.79 Å². The van der Waals surface area contributed by atoms with E-state index < -0.39 is 23.4 Å². The summed E-state index contributed by atoms with van der Waals surface area (Å²) >= 11 is 3.32. The predicted molar refractivity (Wildman–Crippen MR) is 105 cm³/mol. The largest absolute Gasteiger partial charge is 0.452 e. The molecule has 0 aliphatic heterocycles. The summed E-state index contributed by atoms with van der Waals surface area (Å²) in [5.41, 5.74) is 2.17. The molecule has 1 N–H and O–H groups in total. The summed E-state index contributed by atoms with van der Waals surface area (Å²) in [4.78, 5) is 34.2. The summed E-state index contributed by atoms with van der Waals surface area (Å²) in [5.74, 6) is -1.36. The molecule has 0 radical (unpaired) electrons. The lowest BCUT2D eigenvalue weighted by Gasteiger charge is -2.09. The molecule has 2 aromatic carbocycles. The highest BCUT2D eigenvalue weighted by Gasteiger charge is 2.18. The molecule has 0 aliphatic carbocycles. The van der Waals surface area contributed by atoms with Crippen molar-refractivity contribution >= 4 is 45.3 Å². The van der Waals surface area contributed by atoms with Crippen LogP contribution in [0.1, 0.15) is 16.7 Å². The number of benzene rings is 2. The molecule has 7 nitrogen and oxygen atoms in total. The summed E-state index contributed by atoms with van der Waals surface area (Å²) < 4.78 is 5.73. The number of halogens is 1. The van der Waals surface area contributed by atoms with Crippen molar-refractivity contribution in [3.8, 4) is 0 Å². The minimum atomic E-state index is -0.695. The van der Waals surface area contributed by atoms with E-state index in [0.29, 0.717) is 0 Å². The first-order valence-corrected chi connectivity index (χ1v) is 8.71. The lowest BCUT2D eigenvalue weighted by atomic mass is 10.1. The molecular weight excluding hydrogens is 416 g/mol. The van der Waals surface area contributed by atoms with Gasteiger partial charge in [-0.05, 0) is 54.8 Å². The van der Waals surface area contributed by atoms with Crippen molar-refractivity contribution in [2.24, 2.45) is 0 Å². The van der Waals surface area contributed by atoms with Crippen LogP contribution in [-0.2, 0) is 14.3 Å². The minimum Gasteiger partial charge on any atom is -0.452 e. The Labute approximate surface area is 164 Å². The fourth-order valence-corrected chi connectivity index (χ4v) is 2.61. The zero-order chi connectivity index (χ0) is 20.0. The number of hydrogen-bond donors (Lipinski definition) is 1. The van der Waals surface area contributed by atoms with Gasteiger partial charge in [-0.15, -0.1) is 0 Å². The van der Waals surface area contributed by atoms with Crippen LogP contribution in [0.15, 0.2) is 46.9 Å². The maximum Gasteiger partial charge on any atom is 0.331 e. The molecule has 0 spiro atoms. The van der Waals surface area contributed by atoms with E-state index in [1.807, 2.05) is 18.2 Å². The molecule has 0 fully saturated rings. The number of carbonyl (C=O) groups is 2. The van der Waals surface area contributed by atoms with Crippen LogP contribution in [0.2, 0.25) is 0 Å². The predicted octanol–water partition coefficient (Wildman–Crippen LogP) is 4.17. The van der Waals surface area contributed by atoms with Gasteiger partial charge >= 0.3 is 5.97 Å². The number of amides is 1. The third-order valence-corrected chi connectivity index (χ3v) is 4.18. The van der Waals surface area contributed by atoms with Gasteiger partial charge < -0.3 is 10.1 Å². The summed E-state index contributed by atoms with van der Waals surface area (Å²) in [6, 6.07) is 10.2. The highest BCUT2D eigenvalue weighted by Crippen LogP contribution is 2.27. The maximum absolute atomic E-state index is 12.0. The molecule has 2 aromatic rings. The summed E-state index contributed by atoms with van der Waals surface area (Å²) in [6.07, 6.45) is 2.76. The molecule has 2 rings (SSSR count). The third-order valence-electron chi connectivity index (χ3n) is 3.69. The molecule has 0 saturated heterocycles. The monoisotopic (exact) mass is 432 g/mol. The van der Waals surface area contributed by atoms with Crippen LogP contribution in [0.4, 0.5) is 11.4 Å². The van der Waals surface area contributed by atoms with E-state index in [1.54, 1.807) is 26.0 Å². The van der Waals surface area contributed by atoms with Crippen molar-refractivity contribution in [1.29, 1.82) is 0 Å². The Morgan fingerprint density at radius 1 is 1.22 bits per heavy atom. The Morgan fingerprint density at radius 3 is 2.59 bits per heavy atom. The minimum absolute atomic E-state index is 0.0637. The van der Waals surface area contributed by atoms with Gasteiger partial charge in [0.25, 0.3) is 11.6 Å².